The summed E-state index contributed by atoms with van der Waals surface area (Å²) in [6.45, 7) is 3.28. The van der Waals surface area contributed by atoms with E-state index in [1.54, 1.807) is 25.3 Å². The normalized spacial score (nSPS) is 10.3. The van der Waals surface area contributed by atoms with Crippen molar-refractivity contribution in [3.05, 3.63) is 59.7 Å². The summed E-state index contributed by atoms with van der Waals surface area (Å²) < 4.78 is 10.6. The van der Waals surface area contributed by atoms with E-state index in [1.165, 1.54) is 0 Å². The van der Waals surface area contributed by atoms with Crippen molar-refractivity contribution in [2.45, 2.75) is 26.4 Å². The van der Waals surface area contributed by atoms with Crippen LogP contribution in [0.5, 0.6) is 5.75 Å². The fourth-order valence-corrected chi connectivity index (χ4v) is 2.61. The summed E-state index contributed by atoms with van der Waals surface area (Å²) in [6.07, 6.45) is 0.869. The molecule has 0 atom stereocenters. The van der Waals surface area contributed by atoms with Crippen LogP contribution in [0.25, 0.3) is 0 Å². The van der Waals surface area contributed by atoms with Crippen molar-refractivity contribution in [3.63, 3.8) is 0 Å². The maximum Gasteiger partial charge on any atom is 0.255 e. The summed E-state index contributed by atoms with van der Waals surface area (Å²) in [5.74, 6) is 0.270. The highest BCUT2D eigenvalue weighted by Gasteiger charge is 2.11. The lowest BCUT2D eigenvalue weighted by Gasteiger charge is -2.10. The SMILES string of the molecule is CCOc1ccccc1C(=O)NCCCC(=O)Nc1cccc(COC)c1. The van der Waals surface area contributed by atoms with Crippen LogP contribution in [0, 0.1) is 0 Å². The van der Waals surface area contributed by atoms with Crippen LogP contribution in [-0.4, -0.2) is 32.1 Å². The molecule has 0 unspecified atom stereocenters. The Morgan fingerprint density at radius 3 is 2.67 bits per heavy atom. The molecule has 2 N–H and O–H groups in total. The van der Waals surface area contributed by atoms with Gasteiger partial charge in [0, 0.05) is 25.8 Å². The highest BCUT2D eigenvalue weighted by Crippen LogP contribution is 2.17. The lowest BCUT2D eigenvalue weighted by molar-refractivity contribution is -0.116. The zero-order valence-electron chi connectivity index (χ0n) is 15.8. The van der Waals surface area contributed by atoms with Gasteiger partial charge in [0.05, 0.1) is 18.8 Å². The zero-order valence-corrected chi connectivity index (χ0v) is 15.8. The third kappa shape index (κ3) is 6.75. The molecular weight excluding hydrogens is 344 g/mol. The van der Waals surface area contributed by atoms with Gasteiger partial charge in [0.25, 0.3) is 5.91 Å². The first kappa shape index (κ1) is 20.5. The minimum absolute atomic E-state index is 0.0893. The summed E-state index contributed by atoms with van der Waals surface area (Å²) in [4.78, 5) is 24.3. The van der Waals surface area contributed by atoms with Gasteiger partial charge in [-0.05, 0) is 43.2 Å². The van der Waals surface area contributed by atoms with Gasteiger partial charge in [-0.15, -0.1) is 0 Å². The number of anilines is 1. The quantitative estimate of drug-likeness (QED) is 0.629. The third-order valence-corrected chi connectivity index (χ3v) is 3.82. The number of carbonyl (C=O) groups is 2. The van der Waals surface area contributed by atoms with Gasteiger partial charge in [0.2, 0.25) is 5.91 Å². The van der Waals surface area contributed by atoms with E-state index in [0.29, 0.717) is 43.9 Å². The largest absolute Gasteiger partial charge is 0.493 e. The number of benzene rings is 2. The molecule has 2 aromatic carbocycles. The Kier molecular flexibility index (Phi) is 8.32. The standard InChI is InChI=1S/C21H26N2O4/c1-3-27-19-11-5-4-10-18(19)21(25)22-13-7-12-20(24)23-17-9-6-8-16(14-17)15-26-2/h4-6,8-11,14H,3,7,12-13,15H2,1-2H3,(H,22,25)(H,23,24). The van der Waals surface area contributed by atoms with E-state index >= 15 is 0 Å². The molecule has 27 heavy (non-hydrogen) atoms. The maximum absolute atomic E-state index is 12.3. The summed E-state index contributed by atoms with van der Waals surface area (Å²) in [7, 11) is 1.63. The maximum atomic E-state index is 12.3. The molecule has 0 bridgehead atoms. The molecule has 6 nitrogen and oxygen atoms in total. The van der Waals surface area contributed by atoms with Crippen molar-refractivity contribution in [1.29, 1.82) is 0 Å². The zero-order chi connectivity index (χ0) is 19.5. The highest BCUT2D eigenvalue weighted by atomic mass is 16.5. The lowest BCUT2D eigenvalue weighted by Crippen LogP contribution is -2.26. The first-order chi connectivity index (χ1) is 13.1. The fraction of sp³-hybridized carbons (Fsp3) is 0.333. The van der Waals surface area contributed by atoms with Gasteiger partial charge in [-0.25, -0.2) is 0 Å². The van der Waals surface area contributed by atoms with Gasteiger partial charge in [-0.3, -0.25) is 9.59 Å². The molecule has 0 saturated carbocycles. The molecule has 0 aliphatic heterocycles. The number of hydrogen-bond acceptors (Lipinski definition) is 4. The lowest BCUT2D eigenvalue weighted by atomic mass is 10.2. The Bertz CT molecular complexity index is 761. The van der Waals surface area contributed by atoms with Crippen LogP contribution in [-0.2, 0) is 16.1 Å². The minimum atomic E-state index is -0.202. The Morgan fingerprint density at radius 2 is 1.89 bits per heavy atom. The molecule has 0 aliphatic carbocycles. The second kappa shape index (κ2) is 11.0. The van der Waals surface area contributed by atoms with Crippen LogP contribution in [0.4, 0.5) is 5.69 Å². The summed E-state index contributed by atoms with van der Waals surface area (Å²) in [6, 6.07) is 14.6. The Labute approximate surface area is 159 Å². The van der Waals surface area contributed by atoms with Crippen molar-refractivity contribution in [2.75, 3.05) is 25.6 Å². The molecule has 144 valence electrons. The van der Waals surface area contributed by atoms with Crippen LogP contribution in [0.1, 0.15) is 35.7 Å². The first-order valence-corrected chi connectivity index (χ1v) is 9.01. The summed E-state index contributed by atoms with van der Waals surface area (Å²) >= 11 is 0. The van der Waals surface area contributed by atoms with Crippen LogP contribution >= 0.6 is 0 Å². The van der Waals surface area contributed by atoms with Crippen molar-refractivity contribution >= 4 is 17.5 Å². The number of methoxy groups -OCH3 is 1. The summed E-state index contributed by atoms with van der Waals surface area (Å²) in [5, 5.41) is 5.69. The number of amides is 2. The van der Waals surface area contributed by atoms with Gasteiger partial charge in [-0.1, -0.05) is 24.3 Å². The Balaban J connectivity index is 1.75. The van der Waals surface area contributed by atoms with E-state index in [4.69, 9.17) is 9.47 Å². The molecule has 2 rings (SSSR count). The molecule has 2 aromatic rings. The smallest absolute Gasteiger partial charge is 0.255 e. The molecular formula is C21H26N2O4. The molecule has 0 aliphatic rings. The van der Waals surface area contributed by atoms with Crippen LogP contribution in [0.3, 0.4) is 0 Å². The molecule has 6 heteroatoms. The number of hydrogen-bond donors (Lipinski definition) is 2. The van der Waals surface area contributed by atoms with E-state index in [-0.39, 0.29) is 11.8 Å². The fourth-order valence-electron chi connectivity index (χ4n) is 2.61. The van der Waals surface area contributed by atoms with Crippen LogP contribution < -0.4 is 15.4 Å². The molecule has 0 spiro atoms. The molecule has 0 fully saturated rings. The molecule has 0 aromatic heterocycles. The van der Waals surface area contributed by atoms with Crippen molar-refractivity contribution in [1.82, 2.24) is 5.32 Å². The van der Waals surface area contributed by atoms with Crippen molar-refractivity contribution in [3.8, 4) is 5.75 Å². The van der Waals surface area contributed by atoms with Gasteiger partial charge in [0.15, 0.2) is 0 Å². The average Bonchev–Trinajstić information content (AvgIpc) is 2.66. The second-order valence-corrected chi connectivity index (χ2v) is 5.97. The molecule has 2 amide bonds. The van der Waals surface area contributed by atoms with E-state index in [2.05, 4.69) is 10.6 Å². The van der Waals surface area contributed by atoms with Gasteiger partial charge >= 0.3 is 0 Å². The Morgan fingerprint density at radius 1 is 1.07 bits per heavy atom. The van der Waals surface area contributed by atoms with E-state index in [0.717, 1.165) is 11.3 Å². The number of para-hydroxylation sites is 1. The third-order valence-electron chi connectivity index (χ3n) is 3.82. The monoisotopic (exact) mass is 370 g/mol. The summed E-state index contributed by atoms with van der Waals surface area (Å²) in [5.41, 5.74) is 2.23. The predicted molar refractivity (Wildman–Crippen MR) is 105 cm³/mol. The predicted octanol–water partition coefficient (Wildman–Crippen LogP) is 3.38. The van der Waals surface area contributed by atoms with E-state index in [1.807, 2.05) is 37.3 Å². The first-order valence-electron chi connectivity index (χ1n) is 9.01. The molecule has 0 radical (unpaired) electrons. The van der Waals surface area contributed by atoms with Gasteiger partial charge < -0.3 is 20.1 Å². The topological polar surface area (TPSA) is 76.7 Å². The van der Waals surface area contributed by atoms with Gasteiger partial charge in [-0.2, -0.15) is 0 Å². The number of carbonyl (C=O) groups excluding carboxylic acids is 2. The molecule has 0 heterocycles. The van der Waals surface area contributed by atoms with Gasteiger partial charge in [0.1, 0.15) is 5.75 Å². The highest BCUT2D eigenvalue weighted by molar-refractivity contribution is 5.97. The van der Waals surface area contributed by atoms with Crippen LogP contribution in [0.2, 0.25) is 0 Å². The molecule has 0 saturated heterocycles. The minimum Gasteiger partial charge on any atom is -0.493 e. The number of nitrogens with one attached hydrogen (secondary N) is 2. The van der Waals surface area contributed by atoms with Crippen molar-refractivity contribution in [2.24, 2.45) is 0 Å². The van der Waals surface area contributed by atoms with E-state index < -0.39 is 0 Å². The van der Waals surface area contributed by atoms with E-state index in [9.17, 15) is 9.59 Å². The Hall–Kier alpha value is -2.86. The van der Waals surface area contributed by atoms with Crippen LogP contribution in [0.15, 0.2) is 48.5 Å². The number of rotatable bonds is 10. The number of ether oxygens (including phenoxy) is 2. The second-order valence-electron chi connectivity index (χ2n) is 5.97. The van der Waals surface area contributed by atoms with Crippen molar-refractivity contribution < 1.29 is 19.1 Å². The average molecular weight is 370 g/mol.